The van der Waals surface area contributed by atoms with E-state index in [0.717, 1.165) is 0 Å². The Labute approximate surface area is 165 Å². The molecule has 0 atom stereocenters. The number of piperazine rings is 1. The van der Waals surface area contributed by atoms with Gasteiger partial charge in [-0.1, -0.05) is 6.07 Å². The zero-order chi connectivity index (χ0) is 20.4. The minimum absolute atomic E-state index is 0.157. The highest BCUT2D eigenvalue weighted by Crippen LogP contribution is 2.22. The molecule has 0 bridgehead atoms. The minimum atomic E-state index is -0.386. The van der Waals surface area contributed by atoms with Gasteiger partial charge in [0, 0.05) is 32.4 Å². The second-order valence-electron chi connectivity index (χ2n) is 6.60. The third-order valence-corrected chi connectivity index (χ3v) is 4.92. The summed E-state index contributed by atoms with van der Waals surface area (Å²) < 4.78 is 10.4. The van der Waals surface area contributed by atoms with E-state index < -0.39 is 0 Å². The molecule has 150 valence electrons. The third kappa shape index (κ3) is 3.54. The summed E-state index contributed by atoms with van der Waals surface area (Å²) in [6.07, 6.45) is 2.91. The molecule has 0 radical (unpaired) electrons. The maximum Gasteiger partial charge on any atom is 0.322 e. The zero-order valence-corrected chi connectivity index (χ0v) is 15.8. The smallest absolute Gasteiger partial charge is 0.322 e. The van der Waals surface area contributed by atoms with Crippen molar-refractivity contribution in [3.05, 3.63) is 58.8 Å². The van der Waals surface area contributed by atoms with E-state index in [-0.39, 0.29) is 28.8 Å². The molecule has 4 rings (SSSR count). The summed E-state index contributed by atoms with van der Waals surface area (Å²) in [5, 5.41) is 3.09. The highest BCUT2D eigenvalue weighted by Gasteiger charge is 2.26. The summed E-state index contributed by atoms with van der Waals surface area (Å²) in [7, 11) is 1.53. The maximum absolute atomic E-state index is 12.7. The minimum Gasteiger partial charge on any atom is -0.495 e. The fourth-order valence-electron chi connectivity index (χ4n) is 3.35. The van der Waals surface area contributed by atoms with Gasteiger partial charge < -0.3 is 29.3 Å². The van der Waals surface area contributed by atoms with Gasteiger partial charge in [-0.25, -0.2) is 4.79 Å². The van der Waals surface area contributed by atoms with E-state index in [2.05, 4.69) is 10.3 Å². The number of hydrogen-bond acceptors (Lipinski definition) is 5. The quantitative estimate of drug-likeness (QED) is 0.705. The topological polar surface area (TPSA) is 108 Å². The lowest BCUT2D eigenvalue weighted by Crippen LogP contribution is -2.51. The number of fused-ring (bicyclic) bond motifs is 1. The van der Waals surface area contributed by atoms with Crippen molar-refractivity contribution in [1.82, 2.24) is 14.8 Å². The van der Waals surface area contributed by atoms with E-state index in [9.17, 15) is 14.4 Å². The van der Waals surface area contributed by atoms with Gasteiger partial charge >= 0.3 is 6.03 Å². The number of furan rings is 1. The van der Waals surface area contributed by atoms with Crippen molar-refractivity contribution in [1.29, 1.82) is 0 Å². The summed E-state index contributed by atoms with van der Waals surface area (Å²) in [6.45, 7) is 1.49. The maximum atomic E-state index is 12.7. The van der Waals surface area contributed by atoms with Gasteiger partial charge in [-0.3, -0.25) is 9.59 Å². The molecule has 29 heavy (non-hydrogen) atoms. The number of aromatic nitrogens is 1. The van der Waals surface area contributed by atoms with Crippen LogP contribution in [-0.4, -0.2) is 60.0 Å². The van der Waals surface area contributed by atoms with E-state index in [1.165, 1.54) is 19.6 Å². The Morgan fingerprint density at radius 1 is 1.10 bits per heavy atom. The van der Waals surface area contributed by atoms with Gasteiger partial charge in [-0.2, -0.15) is 0 Å². The van der Waals surface area contributed by atoms with Crippen LogP contribution in [0.15, 0.2) is 52.0 Å². The van der Waals surface area contributed by atoms with Crippen LogP contribution in [0.5, 0.6) is 5.75 Å². The van der Waals surface area contributed by atoms with Gasteiger partial charge in [0.05, 0.1) is 24.3 Å². The number of methoxy groups -OCH3 is 1. The number of H-pyrrole nitrogens is 1. The SMILES string of the molecule is COc1cccc2c(=O)c(NC(=O)N3CCN(C(=O)c4ccco4)CC3)c[nH]c12. The Morgan fingerprint density at radius 3 is 2.55 bits per heavy atom. The molecule has 3 heterocycles. The molecular formula is C20H20N4O5. The van der Waals surface area contributed by atoms with Crippen LogP contribution < -0.4 is 15.5 Å². The van der Waals surface area contributed by atoms with Crippen LogP contribution in [0.4, 0.5) is 10.5 Å². The van der Waals surface area contributed by atoms with Crippen LogP contribution >= 0.6 is 0 Å². The van der Waals surface area contributed by atoms with Crippen molar-refractivity contribution in [2.24, 2.45) is 0 Å². The number of amides is 3. The second kappa shape index (κ2) is 7.70. The molecule has 1 aliphatic rings. The Morgan fingerprint density at radius 2 is 1.86 bits per heavy atom. The van der Waals surface area contributed by atoms with Crippen molar-refractivity contribution < 1.29 is 18.7 Å². The lowest BCUT2D eigenvalue weighted by atomic mass is 10.2. The predicted octanol–water partition coefficient (Wildman–Crippen LogP) is 2.12. The Kier molecular flexibility index (Phi) is 4.94. The molecule has 3 aromatic rings. The number of nitrogens with zero attached hydrogens (tertiary/aromatic N) is 2. The molecule has 2 N–H and O–H groups in total. The summed E-state index contributed by atoms with van der Waals surface area (Å²) in [6, 6.07) is 8.03. The van der Waals surface area contributed by atoms with Crippen molar-refractivity contribution in [2.45, 2.75) is 0 Å². The molecule has 1 aliphatic heterocycles. The highest BCUT2D eigenvalue weighted by atomic mass is 16.5. The first-order chi connectivity index (χ1) is 14.1. The molecule has 0 spiro atoms. The fraction of sp³-hybridized carbons (Fsp3) is 0.250. The number of aromatic amines is 1. The monoisotopic (exact) mass is 396 g/mol. The molecule has 1 aromatic carbocycles. The van der Waals surface area contributed by atoms with E-state index in [1.807, 2.05) is 0 Å². The number of nitrogens with one attached hydrogen (secondary N) is 2. The molecule has 1 saturated heterocycles. The van der Waals surface area contributed by atoms with Gasteiger partial charge in [0.1, 0.15) is 11.4 Å². The first kappa shape index (κ1) is 18.6. The Balaban J connectivity index is 1.43. The molecule has 2 aromatic heterocycles. The van der Waals surface area contributed by atoms with E-state index in [1.54, 1.807) is 40.1 Å². The van der Waals surface area contributed by atoms with Crippen LogP contribution in [0.3, 0.4) is 0 Å². The second-order valence-corrected chi connectivity index (χ2v) is 6.60. The first-order valence-electron chi connectivity index (χ1n) is 9.15. The van der Waals surface area contributed by atoms with Crippen LogP contribution in [0.1, 0.15) is 10.6 Å². The number of pyridine rings is 1. The van der Waals surface area contributed by atoms with E-state index in [4.69, 9.17) is 9.15 Å². The number of benzene rings is 1. The van der Waals surface area contributed by atoms with Gasteiger partial charge in [-0.05, 0) is 24.3 Å². The normalized spacial score (nSPS) is 14.1. The average molecular weight is 396 g/mol. The number of carbonyl (C=O) groups excluding carboxylic acids is 2. The first-order valence-corrected chi connectivity index (χ1v) is 9.15. The number of anilines is 1. The van der Waals surface area contributed by atoms with Crippen LogP contribution in [0.25, 0.3) is 10.9 Å². The van der Waals surface area contributed by atoms with Gasteiger partial charge in [-0.15, -0.1) is 0 Å². The predicted molar refractivity (Wildman–Crippen MR) is 106 cm³/mol. The van der Waals surface area contributed by atoms with Crippen molar-refractivity contribution in [3.8, 4) is 5.75 Å². The Bertz CT molecular complexity index is 1100. The summed E-state index contributed by atoms with van der Waals surface area (Å²) in [5.41, 5.74) is 0.436. The molecule has 3 amide bonds. The Hall–Kier alpha value is -3.75. The van der Waals surface area contributed by atoms with Crippen LogP contribution in [0, 0.1) is 0 Å². The van der Waals surface area contributed by atoms with Crippen LogP contribution in [-0.2, 0) is 0 Å². The number of ether oxygens (including phenoxy) is 1. The van der Waals surface area contributed by atoms with Crippen molar-refractivity contribution in [3.63, 3.8) is 0 Å². The van der Waals surface area contributed by atoms with E-state index >= 15 is 0 Å². The number of para-hydroxylation sites is 1. The third-order valence-electron chi connectivity index (χ3n) is 4.92. The summed E-state index contributed by atoms with van der Waals surface area (Å²) in [5.74, 6) is 0.630. The molecule has 1 fully saturated rings. The standard InChI is InChI=1S/C20H20N4O5/c1-28-15-5-2-4-13-17(15)21-12-14(18(13)25)22-20(27)24-9-7-23(8-10-24)19(26)16-6-3-11-29-16/h2-6,11-12H,7-10H2,1H3,(H,21,25)(H,22,27). The summed E-state index contributed by atoms with van der Waals surface area (Å²) >= 11 is 0. The average Bonchev–Trinajstić information content (AvgIpc) is 3.30. The largest absolute Gasteiger partial charge is 0.495 e. The lowest BCUT2D eigenvalue weighted by molar-refractivity contribution is 0.0640. The number of hydrogen-bond donors (Lipinski definition) is 2. The zero-order valence-electron chi connectivity index (χ0n) is 15.8. The molecule has 0 aliphatic carbocycles. The molecule has 9 nitrogen and oxygen atoms in total. The molecule has 0 saturated carbocycles. The van der Waals surface area contributed by atoms with Gasteiger partial charge in [0.2, 0.25) is 5.43 Å². The molecule has 9 heteroatoms. The van der Waals surface area contributed by atoms with Gasteiger partial charge in [0.25, 0.3) is 5.91 Å². The summed E-state index contributed by atoms with van der Waals surface area (Å²) in [4.78, 5) is 43.8. The molecular weight excluding hydrogens is 376 g/mol. The van der Waals surface area contributed by atoms with Crippen LogP contribution in [0.2, 0.25) is 0 Å². The highest BCUT2D eigenvalue weighted by molar-refractivity contribution is 5.94. The number of carbonyl (C=O) groups is 2. The van der Waals surface area contributed by atoms with Crippen molar-refractivity contribution >= 4 is 28.5 Å². The fourth-order valence-corrected chi connectivity index (χ4v) is 3.35. The van der Waals surface area contributed by atoms with Crippen molar-refractivity contribution in [2.75, 3.05) is 38.6 Å². The number of rotatable bonds is 3. The number of urea groups is 1. The van der Waals surface area contributed by atoms with Gasteiger partial charge in [0.15, 0.2) is 5.76 Å². The van der Waals surface area contributed by atoms with E-state index in [0.29, 0.717) is 42.8 Å². The lowest BCUT2D eigenvalue weighted by Gasteiger charge is -2.34. The molecule has 0 unspecified atom stereocenters.